The molecule has 1 atom stereocenters. The Balaban J connectivity index is 1.96. The van der Waals surface area contributed by atoms with Crippen LogP contribution in [0.5, 0.6) is 5.75 Å². The number of carbonyl (C=O) groups is 1. The zero-order valence-electron chi connectivity index (χ0n) is 16.0. The smallest absolute Gasteiger partial charge is 0.415 e. The first kappa shape index (κ1) is 22.2. The predicted octanol–water partition coefficient (Wildman–Crippen LogP) is 3.40. The Morgan fingerprint density at radius 3 is 2.39 bits per heavy atom. The van der Waals surface area contributed by atoms with Crippen molar-refractivity contribution in [2.75, 3.05) is 24.7 Å². The van der Waals surface area contributed by atoms with Crippen LogP contribution in [-0.4, -0.2) is 36.2 Å². The van der Waals surface area contributed by atoms with Crippen LogP contribution < -0.4 is 21.5 Å². The van der Waals surface area contributed by atoms with Crippen LogP contribution in [-0.2, 0) is 0 Å². The van der Waals surface area contributed by atoms with Gasteiger partial charge in [-0.05, 0) is 12.1 Å². The number of rotatable bonds is 6. The molecule has 0 spiro atoms. The highest BCUT2D eigenvalue weighted by Crippen LogP contribution is 2.39. The van der Waals surface area contributed by atoms with Gasteiger partial charge in [0.05, 0.1) is 16.3 Å². The van der Waals surface area contributed by atoms with E-state index in [1.807, 2.05) is 5.32 Å². The molecule has 0 bridgehead atoms. The number of nitrogens with one attached hydrogen (secondary N) is 2. The van der Waals surface area contributed by atoms with Gasteiger partial charge in [0.1, 0.15) is 23.4 Å². The maximum Gasteiger partial charge on any atom is 0.415 e. The zero-order valence-corrected chi connectivity index (χ0v) is 16.8. The second-order valence-electron chi connectivity index (χ2n) is 6.72. The minimum absolute atomic E-state index is 0.0818. The van der Waals surface area contributed by atoms with Crippen molar-refractivity contribution in [3.8, 4) is 5.75 Å². The molecule has 8 nitrogen and oxygen atoms in total. The van der Waals surface area contributed by atoms with E-state index in [0.29, 0.717) is 0 Å². The fourth-order valence-electron chi connectivity index (χ4n) is 2.78. The van der Waals surface area contributed by atoms with E-state index in [1.54, 1.807) is 0 Å². The van der Waals surface area contributed by atoms with E-state index >= 15 is 0 Å². The Kier molecular flexibility index (Phi) is 5.72. The fraction of sp³-hybridized carbons (Fsp3) is 0.211. The summed E-state index contributed by atoms with van der Waals surface area (Å²) in [5, 5.41) is 14.7. The molecule has 31 heavy (non-hydrogen) atoms. The Hall–Kier alpha value is -3.47. The van der Waals surface area contributed by atoms with Crippen molar-refractivity contribution in [1.29, 1.82) is 0 Å². The van der Waals surface area contributed by atoms with Crippen LogP contribution in [0.4, 0.5) is 30.2 Å². The molecule has 0 saturated carbocycles. The van der Waals surface area contributed by atoms with Gasteiger partial charge in [-0.3, -0.25) is 14.4 Å². The van der Waals surface area contributed by atoms with Crippen molar-refractivity contribution in [1.82, 2.24) is 4.90 Å². The number of hydrogen-bond donors (Lipinski definition) is 3. The molecule has 12 heteroatoms. The molecule has 3 N–H and O–H groups in total. The van der Waals surface area contributed by atoms with Crippen molar-refractivity contribution < 1.29 is 27.5 Å². The van der Waals surface area contributed by atoms with Gasteiger partial charge in [0, 0.05) is 20.2 Å². The molecule has 3 aromatic rings. The largest absolute Gasteiger partial charge is 0.505 e. The van der Waals surface area contributed by atoms with E-state index < -0.39 is 51.9 Å². The van der Waals surface area contributed by atoms with Crippen LogP contribution in [0.1, 0.15) is 22.2 Å². The molecular formula is C19H15ClF3N3O5. The first-order valence-corrected chi connectivity index (χ1v) is 9.00. The maximum atomic E-state index is 13.5. The molecule has 0 saturated heterocycles. The number of aromatic hydroxyl groups is 1. The average molecular weight is 458 g/mol. The third-order valence-corrected chi connectivity index (χ3v) is 4.53. The van der Waals surface area contributed by atoms with E-state index in [1.165, 1.54) is 37.2 Å². The van der Waals surface area contributed by atoms with Gasteiger partial charge in [0.15, 0.2) is 11.8 Å². The Morgan fingerprint density at radius 2 is 1.84 bits per heavy atom. The first-order chi connectivity index (χ1) is 14.4. The summed E-state index contributed by atoms with van der Waals surface area (Å²) in [6.45, 7) is 0. The average Bonchev–Trinajstić information content (AvgIpc) is 3.12. The van der Waals surface area contributed by atoms with Crippen molar-refractivity contribution in [2.24, 2.45) is 0 Å². The Morgan fingerprint density at radius 1 is 1.19 bits per heavy atom. The quantitative estimate of drug-likeness (QED) is 0.384. The van der Waals surface area contributed by atoms with Crippen LogP contribution >= 0.6 is 11.6 Å². The number of carbonyl (C=O) groups excluding carboxylic acids is 1. The van der Waals surface area contributed by atoms with Crippen LogP contribution in [0.25, 0.3) is 0 Å². The molecule has 0 aliphatic rings. The lowest BCUT2D eigenvalue weighted by molar-refractivity contribution is -0.147. The number of halogens is 4. The Bertz CT molecular complexity index is 1210. The number of benzene rings is 1. The highest BCUT2D eigenvalue weighted by molar-refractivity contribution is 6.30. The Labute approximate surface area is 177 Å². The number of phenolic OH excluding ortho intramolecular Hbond substituents is 1. The summed E-state index contributed by atoms with van der Waals surface area (Å²) >= 11 is 5.61. The van der Waals surface area contributed by atoms with Crippen molar-refractivity contribution >= 4 is 34.6 Å². The molecule has 1 aromatic heterocycles. The minimum atomic E-state index is -4.89. The van der Waals surface area contributed by atoms with Crippen molar-refractivity contribution in [2.45, 2.75) is 12.2 Å². The van der Waals surface area contributed by atoms with Gasteiger partial charge in [-0.1, -0.05) is 17.7 Å². The summed E-state index contributed by atoms with van der Waals surface area (Å²) in [4.78, 5) is 37.3. The monoisotopic (exact) mass is 457 g/mol. The van der Waals surface area contributed by atoms with Gasteiger partial charge in [-0.2, -0.15) is 13.2 Å². The number of anilines is 3. The van der Waals surface area contributed by atoms with E-state index in [2.05, 4.69) is 5.32 Å². The highest BCUT2D eigenvalue weighted by atomic mass is 35.5. The van der Waals surface area contributed by atoms with E-state index in [0.717, 1.165) is 12.3 Å². The number of amides is 1. The molecular weight excluding hydrogens is 443 g/mol. The van der Waals surface area contributed by atoms with Crippen LogP contribution in [0.2, 0.25) is 5.02 Å². The molecule has 164 valence electrons. The lowest BCUT2D eigenvalue weighted by Gasteiger charge is -2.23. The summed E-state index contributed by atoms with van der Waals surface area (Å²) in [5.41, 5.74) is -3.68. The van der Waals surface area contributed by atoms with Gasteiger partial charge < -0.3 is 25.1 Å². The molecule has 1 heterocycles. The number of alkyl halides is 3. The van der Waals surface area contributed by atoms with E-state index in [4.69, 9.17) is 16.0 Å². The van der Waals surface area contributed by atoms with Gasteiger partial charge >= 0.3 is 6.18 Å². The molecule has 0 unspecified atom stereocenters. The van der Waals surface area contributed by atoms with Crippen LogP contribution in [0.15, 0.2) is 44.5 Å². The molecule has 3 rings (SSSR count). The maximum absolute atomic E-state index is 13.5. The molecule has 0 radical (unpaired) electrons. The van der Waals surface area contributed by atoms with Crippen molar-refractivity contribution in [3.05, 3.63) is 67.3 Å². The SMILES string of the molecule is CN(C)C(=O)c1cccc(Nc2c(N[C@@H](c3cc(Cl)co3)C(F)(F)F)c(=O)c2=O)c1O. The number of para-hydroxylation sites is 1. The summed E-state index contributed by atoms with van der Waals surface area (Å²) < 4.78 is 45.3. The summed E-state index contributed by atoms with van der Waals surface area (Å²) in [6.07, 6.45) is -4.00. The first-order valence-electron chi connectivity index (χ1n) is 8.63. The number of hydrogen-bond acceptors (Lipinski definition) is 7. The molecule has 2 aromatic carbocycles. The second-order valence-corrected chi connectivity index (χ2v) is 7.16. The topological polar surface area (TPSA) is 112 Å². The number of phenols is 1. The van der Waals surface area contributed by atoms with Gasteiger partial charge in [-0.25, -0.2) is 0 Å². The molecule has 0 fully saturated rings. The number of nitrogens with zero attached hydrogens (tertiary/aromatic N) is 1. The van der Waals surface area contributed by atoms with Crippen LogP contribution in [0, 0.1) is 0 Å². The van der Waals surface area contributed by atoms with E-state index in [-0.39, 0.29) is 16.3 Å². The second kappa shape index (κ2) is 7.99. The summed E-state index contributed by atoms with van der Waals surface area (Å²) in [5.74, 6) is -1.69. The summed E-state index contributed by atoms with van der Waals surface area (Å²) in [7, 11) is 2.91. The highest BCUT2D eigenvalue weighted by Gasteiger charge is 2.44. The molecule has 0 aliphatic carbocycles. The fourth-order valence-corrected chi connectivity index (χ4v) is 2.93. The third kappa shape index (κ3) is 4.22. The lowest BCUT2D eigenvalue weighted by atomic mass is 10.1. The normalized spacial score (nSPS) is 12.6. The number of furan rings is 1. The minimum Gasteiger partial charge on any atom is -0.505 e. The standard InChI is InChI=1S/C19H15ClF3N3O5/c1-26(2)18(30)9-4-3-5-10(14(9)27)24-12-13(16(29)15(12)28)25-17(19(21,22)23)11-6-8(20)7-31-11/h3-7,17,24-25,27H,1-2H3/t17-/m0/s1. The van der Waals surface area contributed by atoms with Gasteiger partial charge in [0.25, 0.3) is 16.8 Å². The third-order valence-electron chi connectivity index (χ3n) is 4.33. The molecule has 0 aliphatic heterocycles. The van der Waals surface area contributed by atoms with E-state index in [9.17, 15) is 32.7 Å². The zero-order chi connectivity index (χ0) is 23.1. The van der Waals surface area contributed by atoms with Crippen molar-refractivity contribution in [3.63, 3.8) is 0 Å². The molecule has 1 amide bonds. The predicted molar refractivity (Wildman–Crippen MR) is 107 cm³/mol. The lowest BCUT2D eigenvalue weighted by Crippen LogP contribution is -2.40. The summed E-state index contributed by atoms with van der Waals surface area (Å²) in [6, 6.07) is 2.47. The van der Waals surface area contributed by atoms with Gasteiger partial charge in [0.2, 0.25) is 0 Å². The van der Waals surface area contributed by atoms with Crippen LogP contribution in [0.3, 0.4) is 0 Å². The van der Waals surface area contributed by atoms with Gasteiger partial charge in [-0.15, -0.1) is 0 Å².